The third-order valence-corrected chi connectivity index (χ3v) is 7.32. The fourth-order valence-electron chi connectivity index (χ4n) is 5.52. The van der Waals surface area contributed by atoms with Crippen molar-refractivity contribution in [2.45, 2.75) is 18.5 Å². The Kier molecular flexibility index (Phi) is 6.45. The Labute approximate surface area is 223 Å². The average Bonchev–Trinajstić information content (AvgIpc) is 3.59. The van der Waals surface area contributed by atoms with Gasteiger partial charge in [-0.3, -0.25) is 4.79 Å². The van der Waals surface area contributed by atoms with Crippen molar-refractivity contribution in [2.24, 2.45) is 0 Å². The van der Waals surface area contributed by atoms with Gasteiger partial charge in [-0.15, -0.1) is 0 Å². The number of hydrogen-bond acceptors (Lipinski definition) is 2. The molecule has 1 aromatic heterocycles. The number of likely N-dealkylation sites (tertiary alicyclic amines) is 1. The number of hydrogen-bond donors (Lipinski definition) is 0. The Hall–Kier alpha value is -4.70. The summed E-state index contributed by atoms with van der Waals surface area (Å²) in [4.78, 5) is 19.9. The molecule has 186 valence electrons. The second-order valence-electron chi connectivity index (χ2n) is 9.65. The second kappa shape index (κ2) is 10.3. The van der Waals surface area contributed by atoms with Crippen LogP contribution in [0.15, 0.2) is 139 Å². The van der Waals surface area contributed by atoms with E-state index in [-0.39, 0.29) is 5.91 Å². The van der Waals surface area contributed by atoms with E-state index in [2.05, 4.69) is 95.7 Å². The number of benzene rings is 4. The zero-order valence-electron chi connectivity index (χ0n) is 21.2. The number of imidazole rings is 1. The first kappa shape index (κ1) is 23.7. The van der Waals surface area contributed by atoms with Crippen LogP contribution < -0.4 is 0 Å². The normalized spacial score (nSPS) is 14.8. The Morgan fingerprint density at radius 2 is 1.21 bits per heavy atom. The number of rotatable bonds is 7. The lowest BCUT2D eigenvalue weighted by Gasteiger charge is -2.37. The zero-order chi connectivity index (χ0) is 25.8. The number of carbonyl (C=O) groups is 1. The molecule has 1 aliphatic rings. The molecular formula is C34H29N3O. The minimum absolute atomic E-state index is 0.0869. The molecule has 1 saturated heterocycles. The van der Waals surface area contributed by atoms with E-state index in [1.807, 2.05) is 53.7 Å². The summed E-state index contributed by atoms with van der Waals surface area (Å²) in [6.45, 7) is 1.35. The highest BCUT2D eigenvalue weighted by molar-refractivity contribution is 5.99. The van der Waals surface area contributed by atoms with Crippen molar-refractivity contribution in [2.75, 3.05) is 6.54 Å². The van der Waals surface area contributed by atoms with Crippen molar-refractivity contribution in [3.05, 3.63) is 167 Å². The third-order valence-electron chi connectivity index (χ3n) is 7.32. The van der Waals surface area contributed by atoms with E-state index in [1.165, 1.54) is 0 Å². The highest BCUT2D eigenvalue weighted by Crippen LogP contribution is 2.41. The summed E-state index contributed by atoms with van der Waals surface area (Å²) in [6.07, 6.45) is 6.63. The van der Waals surface area contributed by atoms with Crippen LogP contribution in [-0.4, -0.2) is 26.9 Å². The second-order valence-corrected chi connectivity index (χ2v) is 9.65. The smallest absolute Gasteiger partial charge is 0.250 e. The van der Waals surface area contributed by atoms with E-state index < -0.39 is 5.54 Å². The van der Waals surface area contributed by atoms with Crippen molar-refractivity contribution >= 4 is 12.0 Å². The van der Waals surface area contributed by atoms with Crippen LogP contribution in [-0.2, 0) is 16.9 Å². The molecule has 4 nitrogen and oxygen atoms in total. The Balaban J connectivity index is 1.41. The minimum Gasteiger partial charge on any atom is -0.334 e. The van der Waals surface area contributed by atoms with Gasteiger partial charge in [0.15, 0.2) is 0 Å². The predicted octanol–water partition coefficient (Wildman–Crippen LogP) is 6.54. The van der Waals surface area contributed by atoms with Crippen LogP contribution in [0.2, 0.25) is 0 Å². The summed E-state index contributed by atoms with van der Waals surface area (Å²) >= 11 is 0. The number of nitrogens with zero attached hydrogens (tertiary/aromatic N) is 3. The van der Waals surface area contributed by atoms with Crippen molar-refractivity contribution in [3.8, 4) is 0 Å². The van der Waals surface area contributed by atoms with Gasteiger partial charge in [0.2, 0.25) is 5.91 Å². The lowest BCUT2D eigenvalue weighted by molar-refractivity contribution is -0.125. The van der Waals surface area contributed by atoms with Gasteiger partial charge in [0, 0.05) is 24.9 Å². The Morgan fingerprint density at radius 3 is 1.74 bits per heavy atom. The molecule has 0 radical (unpaired) electrons. The van der Waals surface area contributed by atoms with Gasteiger partial charge in [-0.05, 0) is 34.8 Å². The van der Waals surface area contributed by atoms with Crippen LogP contribution in [0.5, 0.6) is 0 Å². The lowest BCUT2D eigenvalue weighted by atomic mass is 9.77. The van der Waals surface area contributed by atoms with Gasteiger partial charge < -0.3 is 9.47 Å². The van der Waals surface area contributed by atoms with E-state index in [0.717, 1.165) is 46.5 Å². The van der Waals surface area contributed by atoms with Crippen molar-refractivity contribution in [1.82, 2.24) is 14.5 Å². The first-order chi connectivity index (χ1) is 18.7. The molecule has 6 rings (SSSR count). The van der Waals surface area contributed by atoms with Crippen LogP contribution in [0.4, 0.5) is 0 Å². The third kappa shape index (κ3) is 4.35. The molecule has 38 heavy (non-hydrogen) atoms. The molecule has 1 fully saturated rings. The van der Waals surface area contributed by atoms with Crippen LogP contribution >= 0.6 is 0 Å². The number of carbonyl (C=O) groups excluding carboxylic acids is 1. The van der Waals surface area contributed by atoms with E-state index >= 15 is 0 Å². The van der Waals surface area contributed by atoms with Crippen molar-refractivity contribution < 1.29 is 4.79 Å². The van der Waals surface area contributed by atoms with Gasteiger partial charge in [-0.1, -0.05) is 121 Å². The van der Waals surface area contributed by atoms with Gasteiger partial charge in [0.25, 0.3) is 0 Å². The Bertz CT molecular complexity index is 1440. The molecule has 1 aliphatic heterocycles. The van der Waals surface area contributed by atoms with Crippen molar-refractivity contribution in [3.63, 3.8) is 0 Å². The van der Waals surface area contributed by atoms with Crippen LogP contribution in [0.25, 0.3) is 6.08 Å². The summed E-state index contributed by atoms with van der Waals surface area (Å²) in [5.41, 5.74) is 5.52. The van der Waals surface area contributed by atoms with E-state index in [4.69, 9.17) is 4.98 Å². The summed E-state index contributed by atoms with van der Waals surface area (Å²) < 4.78 is 2.18. The fourth-order valence-corrected chi connectivity index (χ4v) is 5.52. The molecule has 0 spiro atoms. The van der Waals surface area contributed by atoms with E-state index in [1.54, 1.807) is 0 Å². The average molecular weight is 496 g/mol. The molecule has 0 saturated carbocycles. The summed E-state index contributed by atoms with van der Waals surface area (Å²) in [7, 11) is 0. The molecule has 1 amide bonds. The van der Waals surface area contributed by atoms with Gasteiger partial charge in [0.05, 0.1) is 12.0 Å². The summed E-state index contributed by atoms with van der Waals surface area (Å²) in [6, 6.07) is 41.7. The SMILES string of the molecule is O=C1/C(=C\c2cn(C(c3ccccc3)(c3ccccc3)c3ccccc3)cn2)CCN1Cc1ccccc1. The molecule has 4 aromatic carbocycles. The Morgan fingerprint density at radius 1 is 0.711 bits per heavy atom. The largest absolute Gasteiger partial charge is 0.334 e. The maximum Gasteiger partial charge on any atom is 0.250 e. The standard InChI is InChI=1S/C34H29N3O/c38-33-28(21-22-36(33)24-27-13-5-1-6-14-27)23-32-25-37(26-35-32)34(29-15-7-2-8-16-29,30-17-9-3-10-18-30)31-19-11-4-12-20-31/h1-20,23,25-26H,21-22,24H2/b28-23-. The van der Waals surface area contributed by atoms with Crippen molar-refractivity contribution in [1.29, 1.82) is 0 Å². The molecule has 5 aromatic rings. The summed E-state index contributed by atoms with van der Waals surface area (Å²) in [5.74, 6) is 0.0869. The monoisotopic (exact) mass is 495 g/mol. The maximum absolute atomic E-state index is 13.2. The lowest BCUT2D eigenvalue weighted by Crippen LogP contribution is -2.36. The molecule has 0 bridgehead atoms. The van der Waals surface area contributed by atoms with Gasteiger partial charge >= 0.3 is 0 Å². The van der Waals surface area contributed by atoms with Gasteiger partial charge in [0.1, 0.15) is 5.54 Å². The van der Waals surface area contributed by atoms with E-state index in [0.29, 0.717) is 6.54 Å². The van der Waals surface area contributed by atoms with Crippen LogP contribution in [0, 0.1) is 0 Å². The first-order valence-electron chi connectivity index (χ1n) is 13.0. The molecule has 0 N–H and O–H groups in total. The molecule has 2 heterocycles. The quantitative estimate of drug-likeness (QED) is 0.190. The topological polar surface area (TPSA) is 38.1 Å². The molecule has 0 unspecified atom stereocenters. The van der Waals surface area contributed by atoms with E-state index in [9.17, 15) is 4.79 Å². The molecular weight excluding hydrogens is 466 g/mol. The van der Waals surface area contributed by atoms with Gasteiger partial charge in [-0.2, -0.15) is 0 Å². The summed E-state index contributed by atoms with van der Waals surface area (Å²) in [5, 5.41) is 0. The fraction of sp³-hybridized carbons (Fsp3) is 0.118. The maximum atomic E-state index is 13.2. The molecule has 0 atom stereocenters. The number of amides is 1. The molecule has 4 heteroatoms. The zero-order valence-corrected chi connectivity index (χ0v) is 21.2. The highest BCUT2D eigenvalue weighted by atomic mass is 16.2. The predicted molar refractivity (Wildman–Crippen MR) is 151 cm³/mol. The molecule has 0 aliphatic carbocycles. The minimum atomic E-state index is -0.618. The number of aromatic nitrogens is 2. The van der Waals surface area contributed by atoms with Gasteiger partial charge in [-0.25, -0.2) is 4.98 Å². The first-order valence-corrected chi connectivity index (χ1v) is 13.0. The van der Waals surface area contributed by atoms with Crippen LogP contribution in [0.1, 0.15) is 34.4 Å². The van der Waals surface area contributed by atoms with Crippen LogP contribution in [0.3, 0.4) is 0 Å². The highest BCUT2D eigenvalue weighted by Gasteiger charge is 2.38.